The molecular weight excluding hydrogens is 378 g/mol. The zero-order valence-electron chi connectivity index (χ0n) is 16.6. The van der Waals surface area contributed by atoms with E-state index in [2.05, 4.69) is 10.3 Å². The molecule has 2 amide bonds. The molecule has 28 heavy (non-hydrogen) atoms. The summed E-state index contributed by atoms with van der Waals surface area (Å²) in [7, 11) is 3.08. The van der Waals surface area contributed by atoms with Crippen LogP contribution in [0.2, 0.25) is 0 Å². The highest BCUT2D eigenvalue weighted by molar-refractivity contribution is 7.15. The number of nitrogens with one attached hydrogen (secondary N) is 1. The van der Waals surface area contributed by atoms with Gasteiger partial charge in [-0.1, -0.05) is 25.2 Å². The highest BCUT2D eigenvalue weighted by atomic mass is 32.1. The molecule has 2 aromatic rings. The summed E-state index contributed by atoms with van der Waals surface area (Å²) < 4.78 is 10.4. The summed E-state index contributed by atoms with van der Waals surface area (Å²) in [6.45, 7) is 5.31. The Labute approximate surface area is 168 Å². The van der Waals surface area contributed by atoms with Crippen LogP contribution in [-0.4, -0.2) is 42.5 Å². The predicted octanol–water partition coefficient (Wildman–Crippen LogP) is 3.34. The molecule has 0 saturated carbocycles. The second-order valence-corrected chi connectivity index (χ2v) is 8.19. The number of benzene rings is 1. The van der Waals surface area contributed by atoms with Gasteiger partial charge in [0.1, 0.15) is 11.5 Å². The lowest BCUT2D eigenvalue weighted by Crippen LogP contribution is -2.36. The number of aromatic nitrogens is 1. The molecule has 0 aliphatic carbocycles. The fourth-order valence-electron chi connectivity index (χ4n) is 3.05. The van der Waals surface area contributed by atoms with Gasteiger partial charge in [0, 0.05) is 35.9 Å². The number of hydrogen-bond donors (Lipinski definition) is 1. The van der Waals surface area contributed by atoms with E-state index in [4.69, 9.17) is 9.47 Å². The summed E-state index contributed by atoms with van der Waals surface area (Å²) in [5, 5.41) is 3.39. The molecule has 1 aromatic heterocycles. The van der Waals surface area contributed by atoms with Crippen molar-refractivity contribution in [1.29, 1.82) is 0 Å². The van der Waals surface area contributed by atoms with Gasteiger partial charge in [0.2, 0.25) is 5.91 Å². The lowest BCUT2D eigenvalue weighted by molar-refractivity contribution is -0.132. The van der Waals surface area contributed by atoms with Crippen molar-refractivity contribution in [3.63, 3.8) is 0 Å². The molecule has 7 nitrogen and oxygen atoms in total. The SMILES string of the molecule is COc1cc(OC)cc(C(=O)Nc2nc3c(s2)CN(C(=O)CC(C)C)CC3)c1. The first-order chi connectivity index (χ1) is 13.4. The molecule has 0 atom stereocenters. The van der Waals surface area contributed by atoms with Crippen molar-refractivity contribution in [3.8, 4) is 11.5 Å². The first kappa shape index (κ1) is 20.1. The van der Waals surface area contributed by atoms with Gasteiger partial charge in [-0.2, -0.15) is 0 Å². The fourth-order valence-corrected chi connectivity index (χ4v) is 4.07. The van der Waals surface area contributed by atoms with Crippen LogP contribution in [0.4, 0.5) is 5.13 Å². The van der Waals surface area contributed by atoms with Crippen LogP contribution in [0.15, 0.2) is 18.2 Å². The number of methoxy groups -OCH3 is 2. The summed E-state index contributed by atoms with van der Waals surface area (Å²) in [6.07, 6.45) is 1.26. The highest BCUT2D eigenvalue weighted by Gasteiger charge is 2.25. The molecule has 1 N–H and O–H groups in total. The Morgan fingerprint density at radius 1 is 1.21 bits per heavy atom. The molecule has 150 valence electrons. The smallest absolute Gasteiger partial charge is 0.257 e. The van der Waals surface area contributed by atoms with Gasteiger partial charge in [0.05, 0.1) is 26.5 Å². The molecule has 0 unspecified atom stereocenters. The molecular formula is C20H25N3O4S. The Bertz CT molecular complexity index is 856. The Balaban J connectivity index is 1.71. The predicted molar refractivity (Wildman–Crippen MR) is 108 cm³/mol. The Hall–Kier alpha value is -2.61. The minimum atomic E-state index is -0.281. The number of rotatable bonds is 6. The summed E-state index contributed by atoms with van der Waals surface area (Å²) in [5.41, 5.74) is 1.38. The fraction of sp³-hybridized carbons (Fsp3) is 0.450. The minimum absolute atomic E-state index is 0.170. The minimum Gasteiger partial charge on any atom is -0.497 e. The number of thiazole rings is 1. The highest BCUT2D eigenvalue weighted by Crippen LogP contribution is 2.30. The van der Waals surface area contributed by atoms with E-state index in [0.29, 0.717) is 54.0 Å². The van der Waals surface area contributed by atoms with Gasteiger partial charge in [0.15, 0.2) is 5.13 Å². The molecule has 0 spiro atoms. The molecule has 1 aromatic carbocycles. The molecule has 2 heterocycles. The van der Waals surface area contributed by atoms with E-state index in [1.54, 1.807) is 18.2 Å². The van der Waals surface area contributed by atoms with Crippen LogP contribution in [0.3, 0.4) is 0 Å². The van der Waals surface area contributed by atoms with E-state index in [0.717, 1.165) is 10.6 Å². The quantitative estimate of drug-likeness (QED) is 0.800. The van der Waals surface area contributed by atoms with Gasteiger partial charge in [-0.05, 0) is 18.1 Å². The van der Waals surface area contributed by atoms with Crippen LogP contribution in [0, 0.1) is 5.92 Å². The normalized spacial score (nSPS) is 13.2. The molecule has 0 radical (unpaired) electrons. The molecule has 3 rings (SSSR count). The lowest BCUT2D eigenvalue weighted by atomic mass is 10.1. The van der Waals surface area contributed by atoms with Crippen molar-refractivity contribution in [2.45, 2.75) is 33.2 Å². The Kier molecular flexibility index (Phi) is 6.18. The first-order valence-electron chi connectivity index (χ1n) is 9.20. The standard InChI is InChI=1S/C20H25N3O4S/c1-12(2)7-18(24)23-6-5-16-17(11-23)28-20(21-16)22-19(25)13-8-14(26-3)10-15(9-13)27-4/h8-10,12H,5-7,11H2,1-4H3,(H,21,22,25). The molecule has 8 heteroatoms. The third-order valence-electron chi connectivity index (χ3n) is 4.50. The molecule has 0 fully saturated rings. The molecule has 0 bridgehead atoms. The van der Waals surface area contributed by atoms with Crippen LogP contribution in [-0.2, 0) is 17.8 Å². The lowest BCUT2D eigenvalue weighted by Gasteiger charge is -2.26. The van der Waals surface area contributed by atoms with Gasteiger partial charge >= 0.3 is 0 Å². The maximum Gasteiger partial charge on any atom is 0.257 e. The zero-order chi connectivity index (χ0) is 20.3. The van der Waals surface area contributed by atoms with E-state index in [9.17, 15) is 9.59 Å². The Morgan fingerprint density at radius 3 is 2.50 bits per heavy atom. The number of hydrogen-bond acceptors (Lipinski definition) is 6. The van der Waals surface area contributed by atoms with Crippen LogP contribution in [0.25, 0.3) is 0 Å². The van der Waals surface area contributed by atoms with Gasteiger partial charge in [-0.25, -0.2) is 4.98 Å². The van der Waals surface area contributed by atoms with Crippen molar-refractivity contribution < 1.29 is 19.1 Å². The van der Waals surface area contributed by atoms with Crippen molar-refractivity contribution in [1.82, 2.24) is 9.88 Å². The van der Waals surface area contributed by atoms with Crippen LogP contribution >= 0.6 is 11.3 Å². The number of carbonyl (C=O) groups is 2. The monoisotopic (exact) mass is 403 g/mol. The zero-order valence-corrected chi connectivity index (χ0v) is 17.4. The van der Waals surface area contributed by atoms with Gasteiger partial charge < -0.3 is 14.4 Å². The number of fused-ring (bicyclic) bond motifs is 1. The first-order valence-corrected chi connectivity index (χ1v) is 10.0. The number of anilines is 1. The van der Waals surface area contributed by atoms with Crippen LogP contribution < -0.4 is 14.8 Å². The van der Waals surface area contributed by atoms with Crippen molar-refractivity contribution in [2.75, 3.05) is 26.1 Å². The van der Waals surface area contributed by atoms with E-state index in [1.807, 2.05) is 18.7 Å². The topological polar surface area (TPSA) is 80.8 Å². The summed E-state index contributed by atoms with van der Waals surface area (Å²) in [4.78, 5) is 32.4. The van der Waals surface area contributed by atoms with Crippen LogP contribution in [0.5, 0.6) is 11.5 Å². The van der Waals surface area contributed by atoms with Crippen molar-refractivity contribution in [3.05, 3.63) is 34.3 Å². The summed E-state index contributed by atoms with van der Waals surface area (Å²) >= 11 is 1.42. The maximum absolute atomic E-state index is 12.6. The van der Waals surface area contributed by atoms with Gasteiger partial charge in [-0.15, -0.1) is 0 Å². The Morgan fingerprint density at radius 2 is 1.89 bits per heavy atom. The second-order valence-electron chi connectivity index (χ2n) is 7.11. The van der Waals surface area contributed by atoms with E-state index >= 15 is 0 Å². The number of amides is 2. The maximum atomic E-state index is 12.6. The third kappa shape index (κ3) is 4.62. The number of nitrogens with zero attached hydrogens (tertiary/aromatic N) is 2. The summed E-state index contributed by atoms with van der Waals surface area (Å²) in [6, 6.07) is 5.01. The van der Waals surface area contributed by atoms with Crippen LogP contribution in [0.1, 0.15) is 41.2 Å². The largest absolute Gasteiger partial charge is 0.497 e. The third-order valence-corrected chi connectivity index (χ3v) is 5.50. The average molecular weight is 404 g/mol. The van der Waals surface area contributed by atoms with E-state index < -0.39 is 0 Å². The molecule has 1 aliphatic rings. The summed E-state index contributed by atoms with van der Waals surface area (Å²) in [5.74, 6) is 1.31. The molecule has 1 aliphatic heterocycles. The number of carbonyl (C=O) groups excluding carboxylic acids is 2. The van der Waals surface area contributed by atoms with Crippen molar-refractivity contribution >= 4 is 28.3 Å². The van der Waals surface area contributed by atoms with E-state index in [1.165, 1.54) is 25.6 Å². The second kappa shape index (κ2) is 8.60. The average Bonchev–Trinajstić information content (AvgIpc) is 3.08. The van der Waals surface area contributed by atoms with E-state index in [-0.39, 0.29) is 11.8 Å². The van der Waals surface area contributed by atoms with Gasteiger partial charge in [0.25, 0.3) is 5.91 Å². The van der Waals surface area contributed by atoms with Crippen molar-refractivity contribution in [2.24, 2.45) is 5.92 Å². The molecule has 0 saturated heterocycles. The number of ether oxygens (including phenoxy) is 2. The van der Waals surface area contributed by atoms with Gasteiger partial charge in [-0.3, -0.25) is 14.9 Å².